The lowest BCUT2D eigenvalue weighted by Gasteiger charge is -2.26. The zero-order valence-corrected chi connectivity index (χ0v) is 25.1. The van der Waals surface area contributed by atoms with Crippen molar-refractivity contribution < 1.29 is 10.2 Å². The van der Waals surface area contributed by atoms with E-state index in [1.165, 1.54) is 5.56 Å². The van der Waals surface area contributed by atoms with Crippen LogP contribution in [0.4, 0.5) is 0 Å². The van der Waals surface area contributed by atoms with Gasteiger partial charge in [0.15, 0.2) is 0 Å². The van der Waals surface area contributed by atoms with E-state index in [0.29, 0.717) is 5.82 Å². The molecule has 0 atom stereocenters. The SMILES string of the molecule is CCc1nc2c(C)cc(-c3cn(CCN4CCOCC4)cn3)cc2n1Cc1ccc(-c2ccccc2-c2nn[nH]n2)cc1.O. The lowest BCUT2D eigenvalue weighted by molar-refractivity contribution is 0.0364. The molecule has 0 bridgehead atoms. The van der Waals surface area contributed by atoms with Crippen molar-refractivity contribution in [2.45, 2.75) is 33.4 Å². The molecule has 6 aromatic rings. The van der Waals surface area contributed by atoms with E-state index >= 15 is 0 Å². The Kier molecular flexibility index (Phi) is 8.60. The molecular weight excluding hydrogens is 554 g/mol. The van der Waals surface area contributed by atoms with Crippen LogP contribution in [-0.2, 0) is 24.2 Å². The molecule has 3 aromatic heterocycles. The average Bonchev–Trinajstić information content (AvgIpc) is 3.82. The molecule has 226 valence electrons. The number of nitrogens with zero attached hydrogens (tertiary/aromatic N) is 8. The second kappa shape index (κ2) is 12.9. The highest BCUT2D eigenvalue weighted by Gasteiger charge is 2.16. The van der Waals surface area contributed by atoms with Crippen LogP contribution >= 0.6 is 0 Å². The Balaban J connectivity index is 0.00000343. The Hall–Kier alpha value is -4.71. The number of tetrazole rings is 1. The molecule has 3 aromatic carbocycles. The standard InChI is InChI=1S/C33H35N9O.H2O/c1-3-31-35-32-23(2)18-26(29-21-41(22-34-29)13-12-40-14-16-43-17-15-40)19-30(32)42(31)20-24-8-10-25(11-9-24)27-6-4-5-7-28(27)33-36-38-39-37-33;/h4-11,18-19,21-22H,3,12-17,20H2,1-2H3,(H,36,37,38,39);1H2. The first-order valence-corrected chi connectivity index (χ1v) is 14.9. The molecule has 1 saturated heterocycles. The number of imidazole rings is 2. The first-order valence-electron chi connectivity index (χ1n) is 14.9. The summed E-state index contributed by atoms with van der Waals surface area (Å²) < 4.78 is 10.0. The van der Waals surface area contributed by atoms with E-state index in [-0.39, 0.29) is 5.48 Å². The Bertz CT molecular complexity index is 1840. The molecule has 1 aliphatic rings. The molecule has 3 N–H and O–H groups in total. The van der Waals surface area contributed by atoms with E-state index < -0.39 is 0 Å². The van der Waals surface area contributed by atoms with E-state index in [9.17, 15) is 0 Å². The van der Waals surface area contributed by atoms with Gasteiger partial charge < -0.3 is 19.3 Å². The van der Waals surface area contributed by atoms with Crippen LogP contribution in [0.3, 0.4) is 0 Å². The maximum atomic E-state index is 5.48. The van der Waals surface area contributed by atoms with E-state index in [1.807, 2.05) is 24.5 Å². The van der Waals surface area contributed by atoms with Crippen LogP contribution in [0.2, 0.25) is 0 Å². The molecule has 1 aliphatic heterocycles. The van der Waals surface area contributed by atoms with Gasteiger partial charge in [-0.1, -0.05) is 55.5 Å². The molecule has 7 rings (SSSR count). The molecule has 44 heavy (non-hydrogen) atoms. The van der Waals surface area contributed by atoms with Crippen molar-refractivity contribution in [1.82, 2.24) is 44.6 Å². The Morgan fingerprint density at radius 2 is 1.73 bits per heavy atom. The minimum Gasteiger partial charge on any atom is -0.412 e. The third-order valence-electron chi connectivity index (χ3n) is 8.27. The van der Waals surface area contributed by atoms with Crippen molar-refractivity contribution in [3.8, 4) is 33.8 Å². The van der Waals surface area contributed by atoms with Gasteiger partial charge in [0.25, 0.3) is 0 Å². The first kappa shape index (κ1) is 29.4. The third kappa shape index (κ3) is 5.89. The second-order valence-electron chi connectivity index (χ2n) is 11.1. The molecule has 11 heteroatoms. The highest BCUT2D eigenvalue weighted by Crippen LogP contribution is 2.31. The van der Waals surface area contributed by atoms with Crippen LogP contribution in [0.25, 0.3) is 44.8 Å². The zero-order chi connectivity index (χ0) is 29.2. The smallest absolute Gasteiger partial charge is 0.205 e. The highest BCUT2D eigenvalue weighted by molar-refractivity contribution is 5.85. The van der Waals surface area contributed by atoms with Crippen LogP contribution in [-0.4, -0.2) is 83.0 Å². The number of aromatic amines is 1. The summed E-state index contributed by atoms with van der Waals surface area (Å²) in [7, 11) is 0. The van der Waals surface area contributed by atoms with Crippen molar-refractivity contribution in [2.24, 2.45) is 0 Å². The Labute approximate surface area is 255 Å². The van der Waals surface area contributed by atoms with Gasteiger partial charge in [-0.2, -0.15) is 5.21 Å². The van der Waals surface area contributed by atoms with Gasteiger partial charge in [-0.05, 0) is 46.5 Å². The number of aryl methyl sites for hydroxylation is 2. The summed E-state index contributed by atoms with van der Waals surface area (Å²) in [4.78, 5) is 12.3. The predicted molar refractivity (Wildman–Crippen MR) is 170 cm³/mol. The predicted octanol–water partition coefficient (Wildman–Crippen LogP) is 4.17. The number of aromatic nitrogens is 8. The number of rotatable bonds is 9. The molecular formula is C33H37N9O2. The van der Waals surface area contributed by atoms with E-state index in [0.717, 1.165) is 103 Å². The summed E-state index contributed by atoms with van der Waals surface area (Å²) >= 11 is 0. The largest absolute Gasteiger partial charge is 0.412 e. The van der Waals surface area contributed by atoms with Crippen molar-refractivity contribution >= 4 is 11.0 Å². The monoisotopic (exact) mass is 591 g/mol. The van der Waals surface area contributed by atoms with Crippen molar-refractivity contribution in [3.63, 3.8) is 0 Å². The maximum Gasteiger partial charge on any atom is 0.205 e. The lowest BCUT2D eigenvalue weighted by Crippen LogP contribution is -2.38. The summed E-state index contributed by atoms with van der Waals surface area (Å²) in [6.07, 6.45) is 4.96. The number of nitrogens with one attached hydrogen (secondary N) is 1. The molecule has 1 fully saturated rings. The first-order chi connectivity index (χ1) is 21.2. The maximum absolute atomic E-state index is 5.48. The van der Waals surface area contributed by atoms with Crippen LogP contribution in [0.1, 0.15) is 23.9 Å². The summed E-state index contributed by atoms with van der Waals surface area (Å²) in [6.45, 7) is 10.6. The second-order valence-corrected chi connectivity index (χ2v) is 11.1. The normalized spacial score (nSPS) is 13.8. The highest BCUT2D eigenvalue weighted by atomic mass is 16.5. The summed E-state index contributed by atoms with van der Waals surface area (Å²) in [5, 5.41) is 14.7. The topological polar surface area (TPSA) is 134 Å². The number of ether oxygens (including phenoxy) is 1. The number of hydrogen-bond donors (Lipinski definition) is 1. The van der Waals surface area contributed by atoms with E-state index in [4.69, 9.17) is 14.7 Å². The van der Waals surface area contributed by atoms with Crippen LogP contribution in [0, 0.1) is 6.92 Å². The number of hydrogen-bond acceptors (Lipinski definition) is 7. The van der Waals surface area contributed by atoms with Crippen molar-refractivity contribution in [2.75, 3.05) is 32.8 Å². The number of benzene rings is 3. The molecule has 11 nitrogen and oxygen atoms in total. The van der Waals surface area contributed by atoms with Crippen molar-refractivity contribution in [3.05, 3.63) is 90.1 Å². The molecule has 0 radical (unpaired) electrons. The summed E-state index contributed by atoms with van der Waals surface area (Å²) in [6, 6.07) is 21.3. The van der Waals surface area contributed by atoms with Gasteiger partial charge in [0.1, 0.15) is 5.82 Å². The van der Waals surface area contributed by atoms with Crippen LogP contribution in [0.5, 0.6) is 0 Å². The molecule has 0 unspecified atom stereocenters. The Morgan fingerprint density at radius 3 is 2.48 bits per heavy atom. The zero-order valence-electron chi connectivity index (χ0n) is 25.1. The minimum absolute atomic E-state index is 0. The van der Waals surface area contributed by atoms with Crippen molar-refractivity contribution in [1.29, 1.82) is 0 Å². The quantitative estimate of drug-likeness (QED) is 0.267. The fraction of sp³-hybridized carbons (Fsp3) is 0.303. The van der Waals surface area contributed by atoms with E-state index in [2.05, 4.69) is 97.2 Å². The number of morpholine rings is 1. The molecule has 0 spiro atoms. The Morgan fingerprint density at radius 1 is 0.932 bits per heavy atom. The van der Waals surface area contributed by atoms with Gasteiger partial charge in [-0.3, -0.25) is 4.90 Å². The van der Waals surface area contributed by atoms with Crippen LogP contribution in [0.15, 0.2) is 73.2 Å². The minimum atomic E-state index is 0. The summed E-state index contributed by atoms with van der Waals surface area (Å²) in [5.41, 5.74) is 9.81. The molecule has 4 heterocycles. The molecule has 0 amide bonds. The number of fused-ring (bicyclic) bond motifs is 1. The number of H-pyrrole nitrogens is 1. The van der Waals surface area contributed by atoms with E-state index in [1.54, 1.807) is 0 Å². The van der Waals surface area contributed by atoms with Gasteiger partial charge in [0.2, 0.25) is 5.82 Å². The average molecular weight is 592 g/mol. The van der Waals surface area contributed by atoms with Gasteiger partial charge >= 0.3 is 0 Å². The fourth-order valence-electron chi connectivity index (χ4n) is 5.93. The third-order valence-corrected chi connectivity index (χ3v) is 8.27. The molecule has 0 aliphatic carbocycles. The fourth-order valence-corrected chi connectivity index (χ4v) is 5.93. The van der Waals surface area contributed by atoms with Gasteiger partial charge in [-0.15, -0.1) is 10.2 Å². The van der Waals surface area contributed by atoms with Gasteiger partial charge in [0.05, 0.1) is 36.3 Å². The van der Waals surface area contributed by atoms with Gasteiger partial charge in [-0.25, -0.2) is 9.97 Å². The molecule has 0 saturated carbocycles. The van der Waals surface area contributed by atoms with Crippen LogP contribution < -0.4 is 0 Å². The summed E-state index contributed by atoms with van der Waals surface area (Å²) in [5.74, 6) is 1.67. The van der Waals surface area contributed by atoms with Gasteiger partial charge in [0, 0.05) is 56.5 Å². The lowest BCUT2D eigenvalue weighted by atomic mass is 9.98.